The number of carbonyl (C=O) groups excluding carboxylic acids is 1. The molecule has 3 aromatic heterocycles. The Morgan fingerprint density at radius 1 is 1.11 bits per heavy atom. The average Bonchev–Trinajstić information content (AvgIpc) is 3.36. The minimum absolute atomic E-state index is 0.227. The van der Waals surface area contributed by atoms with Crippen LogP contribution in [0.4, 0.5) is 0 Å². The topological polar surface area (TPSA) is 68.8 Å². The van der Waals surface area contributed by atoms with Crippen molar-refractivity contribution in [3.63, 3.8) is 0 Å². The Morgan fingerprint density at radius 3 is 2.61 bits per heavy atom. The molecular weight excluding hydrogens is 352 g/mol. The van der Waals surface area contributed by atoms with E-state index in [9.17, 15) is 4.79 Å². The van der Waals surface area contributed by atoms with Crippen LogP contribution in [-0.2, 0) is 17.9 Å². The molecule has 0 aliphatic carbocycles. The van der Waals surface area contributed by atoms with Gasteiger partial charge in [0.25, 0.3) is 0 Å². The van der Waals surface area contributed by atoms with Gasteiger partial charge in [0.2, 0.25) is 5.91 Å². The van der Waals surface area contributed by atoms with E-state index < -0.39 is 0 Å². The van der Waals surface area contributed by atoms with Gasteiger partial charge in [-0.2, -0.15) is 0 Å². The van der Waals surface area contributed by atoms with Gasteiger partial charge in [-0.25, -0.2) is 9.97 Å². The lowest BCUT2D eigenvalue weighted by atomic mass is 9.95. The van der Waals surface area contributed by atoms with Gasteiger partial charge in [-0.1, -0.05) is 6.07 Å². The zero-order valence-electron chi connectivity index (χ0n) is 16.2. The van der Waals surface area contributed by atoms with Crippen LogP contribution in [0.15, 0.2) is 49.3 Å². The van der Waals surface area contributed by atoms with Gasteiger partial charge in [0.1, 0.15) is 11.6 Å². The van der Waals surface area contributed by atoms with Crippen molar-refractivity contribution in [2.24, 2.45) is 0 Å². The molecule has 1 saturated heterocycles. The third-order valence-electron chi connectivity index (χ3n) is 5.53. The van der Waals surface area contributed by atoms with E-state index in [1.807, 2.05) is 47.2 Å². The number of nitrogens with zero attached hydrogens (tertiary/aromatic N) is 6. The highest BCUT2D eigenvalue weighted by molar-refractivity contribution is 5.76. The van der Waals surface area contributed by atoms with Crippen molar-refractivity contribution in [3.8, 4) is 0 Å². The van der Waals surface area contributed by atoms with Gasteiger partial charge in [0.05, 0.1) is 6.54 Å². The van der Waals surface area contributed by atoms with E-state index >= 15 is 0 Å². The molecule has 7 heteroatoms. The Kier molecular flexibility index (Phi) is 5.50. The Morgan fingerprint density at radius 2 is 1.89 bits per heavy atom. The van der Waals surface area contributed by atoms with E-state index in [0.29, 0.717) is 18.9 Å². The fraction of sp³-hybridized carbons (Fsp3) is 0.429. The molecule has 0 atom stereocenters. The SMILES string of the molecule is Cc1nccn1CCC(=O)N1CCC(c2nccn2Cc2cccnc2)CC1. The first-order valence-corrected chi connectivity index (χ1v) is 9.86. The smallest absolute Gasteiger partial charge is 0.224 e. The van der Waals surface area contributed by atoms with Gasteiger partial charge in [0, 0.05) is 69.2 Å². The van der Waals surface area contributed by atoms with Crippen LogP contribution in [0.2, 0.25) is 0 Å². The first-order valence-electron chi connectivity index (χ1n) is 9.86. The van der Waals surface area contributed by atoms with Crippen molar-refractivity contribution >= 4 is 5.91 Å². The maximum absolute atomic E-state index is 12.6. The lowest BCUT2D eigenvalue weighted by molar-refractivity contribution is -0.132. The van der Waals surface area contributed by atoms with Gasteiger partial charge in [-0.05, 0) is 31.4 Å². The highest BCUT2D eigenvalue weighted by Crippen LogP contribution is 2.27. The summed E-state index contributed by atoms with van der Waals surface area (Å²) in [5, 5.41) is 0. The summed E-state index contributed by atoms with van der Waals surface area (Å²) in [6, 6.07) is 4.04. The summed E-state index contributed by atoms with van der Waals surface area (Å²) < 4.78 is 4.24. The van der Waals surface area contributed by atoms with E-state index in [0.717, 1.165) is 44.1 Å². The molecule has 1 amide bonds. The molecule has 7 nitrogen and oxygen atoms in total. The van der Waals surface area contributed by atoms with Crippen LogP contribution in [0.3, 0.4) is 0 Å². The summed E-state index contributed by atoms with van der Waals surface area (Å²) in [6.07, 6.45) is 13.7. The third-order valence-corrected chi connectivity index (χ3v) is 5.53. The van der Waals surface area contributed by atoms with Gasteiger partial charge < -0.3 is 14.0 Å². The van der Waals surface area contributed by atoms with Gasteiger partial charge in [-0.15, -0.1) is 0 Å². The predicted molar refractivity (Wildman–Crippen MR) is 106 cm³/mol. The Bertz CT molecular complexity index is 908. The largest absolute Gasteiger partial charge is 0.343 e. The Balaban J connectivity index is 1.31. The molecule has 0 radical (unpaired) electrons. The minimum Gasteiger partial charge on any atom is -0.343 e. The molecule has 0 aromatic carbocycles. The first kappa shape index (κ1) is 18.4. The number of carbonyl (C=O) groups is 1. The van der Waals surface area contributed by atoms with Crippen LogP contribution < -0.4 is 0 Å². The lowest BCUT2D eigenvalue weighted by Gasteiger charge is -2.32. The van der Waals surface area contributed by atoms with E-state index in [1.54, 1.807) is 12.4 Å². The highest BCUT2D eigenvalue weighted by Gasteiger charge is 2.26. The van der Waals surface area contributed by atoms with Crippen molar-refractivity contribution < 1.29 is 4.79 Å². The molecule has 146 valence electrons. The number of aromatic nitrogens is 5. The predicted octanol–water partition coefficient (Wildman–Crippen LogP) is 2.63. The molecular formula is C21H26N6O. The number of aryl methyl sites for hydroxylation is 2. The Labute approximate surface area is 165 Å². The second-order valence-electron chi connectivity index (χ2n) is 7.35. The fourth-order valence-corrected chi connectivity index (χ4v) is 3.90. The zero-order chi connectivity index (χ0) is 19.3. The van der Waals surface area contributed by atoms with E-state index in [1.165, 1.54) is 5.56 Å². The summed E-state index contributed by atoms with van der Waals surface area (Å²) >= 11 is 0. The van der Waals surface area contributed by atoms with Crippen LogP contribution >= 0.6 is 0 Å². The maximum Gasteiger partial charge on any atom is 0.224 e. The number of amides is 1. The molecule has 1 aliphatic heterocycles. The number of pyridine rings is 1. The number of hydrogen-bond donors (Lipinski definition) is 0. The maximum atomic E-state index is 12.6. The number of rotatable bonds is 6. The van der Waals surface area contributed by atoms with Crippen molar-refractivity contribution in [2.75, 3.05) is 13.1 Å². The summed E-state index contributed by atoms with van der Waals surface area (Å²) in [5.74, 6) is 2.69. The number of likely N-dealkylation sites (tertiary alicyclic amines) is 1. The van der Waals surface area contributed by atoms with Crippen molar-refractivity contribution in [2.45, 2.75) is 45.2 Å². The van der Waals surface area contributed by atoms with Crippen LogP contribution in [0.5, 0.6) is 0 Å². The van der Waals surface area contributed by atoms with Crippen LogP contribution in [0.25, 0.3) is 0 Å². The monoisotopic (exact) mass is 378 g/mol. The fourth-order valence-electron chi connectivity index (χ4n) is 3.90. The molecule has 0 N–H and O–H groups in total. The lowest BCUT2D eigenvalue weighted by Crippen LogP contribution is -2.38. The highest BCUT2D eigenvalue weighted by atomic mass is 16.2. The molecule has 1 aliphatic rings. The normalized spacial score (nSPS) is 15.1. The molecule has 3 aromatic rings. The number of piperidine rings is 1. The van der Waals surface area contributed by atoms with Gasteiger partial charge >= 0.3 is 0 Å². The molecule has 4 heterocycles. The van der Waals surface area contributed by atoms with Crippen molar-refractivity contribution in [3.05, 3.63) is 66.5 Å². The summed E-state index contributed by atoms with van der Waals surface area (Å²) in [5.41, 5.74) is 1.17. The molecule has 0 saturated carbocycles. The summed E-state index contributed by atoms with van der Waals surface area (Å²) in [6.45, 7) is 5.04. The number of imidazole rings is 2. The molecule has 1 fully saturated rings. The third kappa shape index (κ3) is 4.13. The standard InChI is InChI=1S/C21H26N6O/c1-17-23-8-13-25(17)12-6-20(28)26-10-4-19(5-11-26)21-24-9-14-27(21)16-18-3-2-7-22-15-18/h2-3,7-9,13-15,19H,4-6,10-12,16H2,1H3. The van der Waals surface area contributed by atoms with Crippen LogP contribution in [0, 0.1) is 6.92 Å². The second kappa shape index (κ2) is 8.37. The Hall–Kier alpha value is -2.96. The quantitative estimate of drug-likeness (QED) is 0.661. The van der Waals surface area contributed by atoms with Gasteiger partial charge in [0.15, 0.2) is 0 Å². The first-order chi connectivity index (χ1) is 13.7. The van der Waals surface area contributed by atoms with E-state index in [2.05, 4.69) is 25.6 Å². The molecule has 0 bridgehead atoms. The summed E-state index contributed by atoms with van der Waals surface area (Å²) in [7, 11) is 0. The summed E-state index contributed by atoms with van der Waals surface area (Å²) in [4.78, 5) is 27.6. The molecule has 4 rings (SSSR count). The van der Waals surface area contributed by atoms with E-state index in [4.69, 9.17) is 0 Å². The average molecular weight is 378 g/mol. The zero-order valence-corrected chi connectivity index (χ0v) is 16.2. The molecule has 0 unspecified atom stereocenters. The molecule has 0 spiro atoms. The second-order valence-corrected chi connectivity index (χ2v) is 7.35. The number of hydrogen-bond acceptors (Lipinski definition) is 4. The van der Waals surface area contributed by atoms with Crippen molar-refractivity contribution in [1.29, 1.82) is 0 Å². The van der Waals surface area contributed by atoms with Crippen molar-refractivity contribution in [1.82, 2.24) is 29.0 Å². The molecule has 28 heavy (non-hydrogen) atoms. The minimum atomic E-state index is 0.227. The van der Waals surface area contributed by atoms with Crippen LogP contribution in [0.1, 0.15) is 42.4 Å². The van der Waals surface area contributed by atoms with E-state index in [-0.39, 0.29) is 5.91 Å². The van der Waals surface area contributed by atoms with Crippen LogP contribution in [-0.4, -0.2) is 48.0 Å². The van der Waals surface area contributed by atoms with Gasteiger partial charge in [-0.3, -0.25) is 9.78 Å².